The lowest BCUT2D eigenvalue weighted by Gasteiger charge is -2.11. The zero-order valence-corrected chi connectivity index (χ0v) is 15.7. The van der Waals surface area contributed by atoms with Crippen LogP contribution in [0.4, 0.5) is 11.4 Å². The van der Waals surface area contributed by atoms with Crippen molar-refractivity contribution in [3.05, 3.63) is 42.2 Å². The highest BCUT2D eigenvalue weighted by Gasteiger charge is 2.09. The number of ether oxygens (including phenoxy) is 1. The maximum atomic E-state index is 5.83. The zero-order valence-electron chi connectivity index (χ0n) is 9.38. The lowest BCUT2D eigenvalue weighted by atomic mass is 10.3. The van der Waals surface area contributed by atoms with Gasteiger partial charge in [-0.1, -0.05) is 0 Å². The number of rotatable bonds is 2. The van der Waals surface area contributed by atoms with Crippen LogP contribution in [0.1, 0.15) is 0 Å². The fourth-order valence-electron chi connectivity index (χ4n) is 1.38. The topological polar surface area (TPSA) is 61.3 Å². The Bertz CT molecular complexity index is 544. The second kappa shape index (κ2) is 6.03. The minimum atomic E-state index is 0.631. The summed E-state index contributed by atoms with van der Waals surface area (Å²) in [6, 6.07) is 7.22. The second-order valence-electron chi connectivity index (χ2n) is 3.70. The molecule has 3 nitrogen and oxygen atoms in total. The molecule has 0 heterocycles. The molecule has 0 aromatic heterocycles. The monoisotopic (exact) mass is 512 g/mol. The number of nitrogens with two attached hydrogens (primary N) is 2. The number of benzene rings is 2. The largest absolute Gasteiger partial charge is 0.457 e. The molecule has 0 radical (unpaired) electrons. The molecular formula is C12H8Br4N2O. The first-order chi connectivity index (χ1) is 8.88. The summed E-state index contributed by atoms with van der Waals surface area (Å²) < 4.78 is 8.86. The molecule has 2 aromatic rings. The quantitative estimate of drug-likeness (QED) is 0.505. The molecule has 0 aliphatic rings. The van der Waals surface area contributed by atoms with Gasteiger partial charge in [-0.25, -0.2) is 0 Å². The summed E-state index contributed by atoms with van der Waals surface area (Å²) in [6.45, 7) is 0. The van der Waals surface area contributed by atoms with Gasteiger partial charge in [0.25, 0.3) is 0 Å². The summed E-state index contributed by atoms with van der Waals surface area (Å²) in [5.41, 5.74) is 12.9. The third-order valence-electron chi connectivity index (χ3n) is 2.34. The molecule has 100 valence electrons. The maximum absolute atomic E-state index is 5.83. The molecule has 4 N–H and O–H groups in total. The highest BCUT2D eigenvalue weighted by Crippen LogP contribution is 2.38. The molecule has 7 heteroatoms. The number of nitrogen functional groups attached to an aromatic ring is 2. The van der Waals surface area contributed by atoms with E-state index in [9.17, 15) is 0 Å². The fourth-order valence-corrected chi connectivity index (χ4v) is 3.66. The molecular weight excluding hydrogens is 508 g/mol. The molecule has 2 aromatic carbocycles. The fraction of sp³-hybridized carbons (Fsp3) is 0. The summed E-state index contributed by atoms with van der Waals surface area (Å²) in [5.74, 6) is 1.33. The number of hydrogen-bond acceptors (Lipinski definition) is 3. The first kappa shape index (κ1) is 15.2. The smallest absolute Gasteiger partial charge is 0.129 e. The van der Waals surface area contributed by atoms with E-state index >= 15 is 0 Å². The van der Waals surface area contributed by atoms with Gasteiger partial charge in [-0.15, -0.1) is 0 Å². The molecule has 0 atom stereocenters. The zero-order chi connectivity index (χ0) is 14.2. The van der Waals surface area contributed by atoms with E-state index in [4.69, 9.17) is 16.2 Å². The Morgan fingerprint density at radius 2 is 0.895 bits per heavy atom. The van der Waals surface area contributed by atoms with Gasteiger partial charge >= 0.3 is 0 Å². The number of hydrogen-bond donors (Lipinski definition) is 2. The van der Waals surface area contributed by atoms with Crippen molar-refractivity contribution in [2.45, 2.75) is 0 Å². The van der Waals surface area contributed by atoms with Gasteiger partial charge in [-0.05, 0) is 88.0 Å². The Morgan fingerprint density at radius 1 is 0.632 bits per heavy atom. The molecule has 0 fully saturated rings. The Kier molecular flexibility index (Phi) is 4.81. The molecule has 2 rings (SSSR count). The third-order valence-corrected chi connectivity index (χ3v) is 4.97. The Morgan fingerprint density at radius 3 is 1.16 bits per heavy atom. The van der Waals surface area contributed by atoms with Crippen LogP contribution in [-0.4, -0.2) is 0 Å². The molecule has 0 amide bonds. The van der Waals surface area contributed by atoms with Gasteiger partial charge in [0.1, 0.15) is 11.5 Å². The van der Waals surface area contributed by atoms with E-state index in [1.165, 1.54) is 0 Å². The predicted molar refractivity (Wildman–Crippen MR) is 92.6 cm³/mol. The van der Waals surface area contributed by atoms with Crippen LogP contribution in [0, 0.1) is 0 Å². The molecule has 0 aliphatic heterocycles. The molecule has 0 saturated carbocycles. The van der Waals surface area contributed by atoms with Crippen molar-refractivity contribution in [2.24, 2.45) is 0 Å². The summed E-state index contributed by atoms with van der Waals surface area (Å²) in [7, 11) is 0. The van der Waals surface area contributed by atoms with Gasteiger partial charge in [0.15, 0.2) is 0 Å². The predicted octanol–water partition coefficient (Wildman–Crippen LogP) is 5.69. The van der Waals surface area contributed by atoms with Gasteiger partial charge in [0.05, 0.1) is 11.4 Å². The van der Waals surface area contributed by atoms with E-state index in [1.807, 2.05) is 0 Å². The Hall–Kier alpha value is -0.240. The molecule has 19 heavy (non-hydrogen) atoms. The normalized spacial score (nSPS) is 10.5. The highest BCUT2D eigenvalue weighted by molar-refractivity contribution is 9.11. The van der Waals surface area contributed by atoms with Crippen molar-refractivity contribution in [3.8, 4) is 11.5 Å². The van der Waals surface area contributed by atoms with E-state index in [0.717, 1.165) is 17.9 Å². The van der Waals surface area contributed by atoms with Gasteiger partial charge in [0.2, 0.25) is 0 Å². The van der Waals surface area contributed by atoms with Crippen LogP contribution in [0.15, 0.2) is 42.2 Å². The first-order valence-corrected chi connectivity index (χ1v) is 8.22. The maximum Gasteiger partial charge on any atom is 0.129 e. The minimum Gasteiger partial charge on any atom is -0.457 e. The molecule has 0 saturated heterocycles. The Labute approximate surface area is 144 Å². The summed E-state index contributed by atoms with van der Waals surface area (Å²) in [4.78, 5) is 0. The van der Waals surface area contributed by atoms with Gasteiger partial charge in [-0.3, -0.25) is 0 Å². The number of halogens is 4. The molecule has 0 bridgehead atoms. The standard InChI is InChI=1S/C12H8Br4N2O/c13-7-1-5(2-8(14)11(7)17)19-6-3-9(15)12(18)10(16)4-6/h1-4H,17-18H2. The van der Waals surface area contributed by atoms with Crippen LogP contribution in [0.3, 0.4) is 0 Å². The van der Waals surface area contributed by atoms with Crippen LogP contribution in [0.25, 0.3) is 0 Å². The van der Waals surface area contributed by atoms with E-state index in [0.29, 0.717) is 22.9 Å². The van der Waals surface area contributed by atoms with Crippen molar-refractivity contribution in [3.63, 3.8) is 0 Å². The van der Waals surface area contributed by atoms with E-state index in [2.05, 4.69) is 63.7 Å². The van der Waals surface area contributed by atoms with Gasteiger partial charge in [-0.2, -0.15) is 0 Å². The second-order valence-corrected chi connectivity index (χ2v) is 7.12. The van der Waals surface area contributed by atoms with Crippen molar-refractivity contribution in [1.82, 2.24) is 0 Å². The minimum absolute atomic E-state index is 0.631. The summed E-state index contributed by atoms with van der Waals surface area (Å²) in [5, 5.41) is 0. The summed E-state index contributed by atoms with van der Waals surface area (Å²) in [6.07, 6.45) is 0. The van der Waals surface area contributed by atoms with E-state index in [1.54, 1.807) is 24.3 Å². The van der Waals surface area contributed by atoms with E-state index < -0.39 is 0 Å². The average molecular weight is 516 g/mol. The lowest BCUT2D eigenvalue weighted by molar-refractivity contribution is 0.481. The first-order valence-electron chi connectivity index (χ1n) is 5.05. The number of anilines is 2. The van der Waals surface area contributed by atoms with Crippen molar-refractivity contribution < 1.29 is 4.74 Å². The van der Waals surface area contributed by atoms with Crippen LogP contribution < -0.4 is 16.2 Å². The van der Waals surface area contributed by atoms with Crippen molar-refractivity contribution >= 4 is 75.1 Å². The third kappa shape index (κ3) is 3.45. The van der Waals surface area contributed by atoms with Crippen LogP contribution in [0.2, 0.25) is 0 Å². The molecule has 0 spiro atoms. The summed E-state index contributed by atoms with van der Waals surface area (Å²) >= 11 is 13.5. The van der Waals surface area contributed by atoms with Gasteiger partial charge in [0, 0.05) is 17.9 Å². The Balaban J connectivity index is 2.36. The van der Waals surface area contributed by atoms with Crippen molar-refractivity contribution in [2.75, 3.05) is 11.5 Å². The van der Waals surface area contributed by atoms with Crippen LogP contribution in [-0.2, 0) is 0 Å². The van der Waals surface area contributed by atoms with Crippen molar-refractivity contribution in [1.29, 1.82) is 0 Å². The van der Waals surface area contributed by atoms with Crippen LogP contribution in [0.5, 0.6) is 11.5 Å². The van der Waals surface area contributed by atoms with Gasteiger partial charge < -0.3 is 16.2 Å². The van der Waals surface area contributed by atoms with E-state index in [-0.39, 0.29) is 0 Å². The molecule has 0 unspecified atom stereocenters. The average Bonchev–Trinajstić information content (AvgIpc) is 2.33. The SMILES string of the molecule is Nc1c(Br)cc(Oc2cc(Br)c(N)c(Br)c2)cc1Br. The lowest BCUT2D eigenvalue weighted by Crippen LogP contribution is -1.93. The molecule has 0 aliphatic carbocycles. The van der Waals surface area contributed by atoms with Crippen LogP contribution >= 0.6 is 63.7 Å². The highest BCUT2D eigenvalue weighted by atomic mass is 79.9.